The summed E-state index contributed by atoms with van der Waals surface area (Å²) in [5, 5.41) is 2.93. The monoisotopic (exact) mass is 248 g/mol. The number of carbonyl (C=O) groups excluding carboxylic acids is 1. The predicted molar refractivity (Wildman–Crippen MR) is 71.7 cm³/mol. The molecular weight excluding hydrogens is 228 g/mol. The van der Waals surface area contributed by atoms with Gasteiger partial charge in [0.05, 0.1) is 7.11 Å². The fraction of sp³-hybridized carbons (Fsp3) is 0.500. The molecule has 2 rings (SSSR count). The maximum atomic E-state index is 12.0. The number of rotatable bonds is 3. The average Bonchev–Trinajstić information content (AvgIpc) is 2.78. The summed E-state index contributed by atoms with van der Waals surface area (Å²) in [6.07, 6.45) is 2.61. The third-order valence-electron chi connectivity index (χ3n) is 3.52. The van der Waals surface area contributed by atoms with Gasteiger partial charge in [0.15, 0.2) is 0 Å². The van der Waals surface area contributed by atoms with Crippen LogP contribution in [0, 0.1) is 12.8 Å². The van der Waals surface area contributed by atoms with Crippen LogP contribution >= 0.6 is 0 Å². The molecule has 0 heterocycles. The lowest BCUT2D eigenvalue weighted by molar-refractivity contribution is -0.119. The van der Waals surface area contributed by atoms with Gasteiger partial charge in [0.1, 0.15) is 5.75 Å². The van der Waals surface area contributed by atoms with E-state index in [4.69, 9.17) is 10.5 Å². The molecule has 3 N–H and O–H groups in total. The molecule has 0 spiro atoms. The highest BCUT2D eigenvalue weighted by Gasteiger charge is 2.27. The Kier molecular flexibility index (Phi) is 3.87. The topological polar surface area (TPSA) is 64.3 Å². The lowest BCUT2D eigenvalue weighted by atomic mass is 10.1. The van der Waals surface area contributed by atoms with E-state index in [0.717, 1.165) is 36.3 Å². The van der Waals surface area contributed by atoms with Crippen LogP contribution in [0.25, 0.3) is 0 Å². The zero-order chi connectivity index (χ0) is 13.1. The van der Waals surface area contributed by atoms with Crippen LogP contribution < -0.4 is 15.8 Å². The number of anilines is 1. The molecular formula is C14H20N2O2. The molecule has 1 aliphatic rings. The molecule has 98 valence electrons. The third-order valence-corrected chi connectivity index (χ3v) is 3.52. The van der Waals surface area contributed by atoms with E-state index in [9.17, 15) is 4.79 Å². The van der Waals surface area contributed by atoms with E-state index < -0.39 is 0 Å². The van der Waals surface area contributed by atoms with Gasteiger partial charge >= 0.3 is 0 Å². The molecule has 0 saturated heterocycles. The van der Waals surface area contributed by atoms with Crippen molar-refractivity contribution in [2.45, 2.75) is 32.2 Å². The number of nitrogens with one attached hydrogen (secondary N) is 1. The standard InChI is InChI=1S/C14H20N2O2/c1-9-3-6-12(8-13(9)18-2)16-14(17)10-4-5-11(15)7-10/h3,6,8,10-11H,4-5,7,15H2,1-2H3,(H,16,17)/t10-,11-/m1/s1. The molecule has 4 nitrogen and oxygen atoms in total. The van der Waals surface area contributed by atoms with Gasteiger partial charge in [-0.05, 0) is 37.8 Å². The van der Waals surface area contributed by atoms with Gasteiger partial charge < -0.3 is 15.8 Å². The summed E-state index contributed by atoms with van der Waals surface area (Å²) in [7, 11) is 1.63. The van der Waals surface area contributed by atoms with Crippen LogP contribution in [0.4, 0.5) is 5.69 Å². The van der Waals surface area contributed by atoms with Gasteiger partial charge in [0, 0.05) is 23.7 Å². The number of amides is 1. The Morgan fingerprint density at radius 1 is 1.44 bits per heavy atom. The van der Waals surface area contributed by atoms with E-state index in [1.165, 1.54) is 0 Å². The Balaban J connectivity index is 2.03. The van der Waals surface area contributed by atoms with Gasteiger partial charge in [-0.1, -0.05) is 6.07 Å². The first-order chi connectivity index (χ1) is 8.60. The average molecular weight is 248 g/mol. The molecule has 1 aliphatic carbocycles. The van der Waals surface area contributed by atoms with E-state index in [2.05, 4.69) is 5.32 Å². The van der Waals surface area contributed by atoms with Crippen molar-refractivity contribution in [1.82, 2.24) is 0 Å². The minimum absolute atomic E-state index is 0.0484. The highest BCUT2D eigenvalue weighted by molar-refractivity contribution is 5.93. The Morgan fingerprint density at radius 3 is 2.83 bits per heavy atom. The maximum absolute atomic E-state index is 12.0. The fourth-order valence-electron chi connectivity index (χ4n) is 2.40. The molecule has 1 aromatic carbocycles. The summed E-state index contributed by atoms with van der Waals surface area (Å²) >= 11 is 0. The second-order valence-corrected chi connectivity index (χ2v) is 4.94. The molecule has 0 bridgehead atoms. The minimum Gasteiger partial charge on any atom is -0.496 e. The van der Waals surface area contributed by atoms with Crippen molar-refractivity contribution in [3.63, 3.8) is 0 Å². The maximum Gasteiger partial charge on any atom is 0.227 e. The molecule has 1 fully saturated rings. The Morgan fingerprint density at radius 2 is 2.22 bits per heavy atom. The van der Waals surface area contributed by atoms with Gasteiger partial charge in [-0.2, -0.15) is 0 Å². The highest BCUT2D eigenvalue weighted by atomic mass is 16.5. The van der Waals surface area contributed by atoms with Crippen molar-refractivity contribution in [2.75, 3.05) is 12.4 Å². The number of carbonyl (C=O) groups is 1. The SMILES string of the molecule is COc1cc(NC(=O)[C@@H]2CC[C@@H](N)C2)ccc1C. The molecule has 0 unspecified atom stereocenters. The van der Waals surface area contributed by atoms with Gasteiger partial charge in [0.25, 0.3) is 0 Å². The highest BCUT2D eigenvalue weighted by Crippen LogP contribution is 2.27. The van der Waals surface area contributed by atoms with Gasteiger partial charge in [-0.3, -0.25) is 4.79 Å². The molecule has 0 aliphatic heterocycles. The summed E-state index contributed by atoms with van der Waals surface area (Å²) in [4.78, 5) is 12.0. The zero-order valence-electron chi connectivity index (χ0n) is 10.9. The van der Waals surface area contributed by atoms with Gasteiger partial charge in [-0.25, -0.2) is 0 Å². The van der Waals surface area contributed by atoms with Crippen LogP contribution in [0.3, 0.4) is 0 Å². The van der Waals surface area contributed by atoms with Crippen molar-refractivity contribution < 1.29 is 9.53 Å². The molecule has 2 atom stereocenters. The summed E-state index contributed by atoms with van der Waals surface area (Å²) in [5.41, 5.74) is 7.66. The van der Waals surface area contributed by atoms with E-state index in [0.29, 0.717) is 0 Å². The Bertz CT molecular complexity index is 445. The minimum atomic E-state index is 0.0484. The number of aryl methyl sites for hydroxylation is 1. The van der Waals surface area contributed by atoms with Crippen LogP contribution in [-0.2, 0) is 4.79 Å². The smallest absolute Gasteiger partial charge is 0.227 e. The molecule has 18 heavy (non-hydrogen) atoms. The van der Waals surface area contributed by atoms with Crippen LogP contribution in [0.2, 0.25) is 0 Å². The second-order valence-electron chi connectivity index (χ2n) is 4.94. The number of hydrogen-bond donors (Lipinski definition) is 2. The first-order valence-corrected chi connectivity index (χ1v) is 6.31. The second kappa shape index (κ2) is 5.40. The normalized spacial score (nSPS) is 22.8. The summed E-state index contributed by atoms with van der Waals surface area (Å²) in [6, 6.07) is 5.86. The molecule has 1 aromatic rings. The van der Waals surface area contributed by atoms with Gasteiger partial charge in [-0.15, -0.1) is 0 Å². The first-order valence-electron chi connectivity index (χ1n) is 6.31. The zero-order valence-corrected chi connectivity index (χ0v) is 10.9. The van der Waals surface area contributed by atoms with Crippen molar-refractivity contribution in [3.05, 3.63) is 23.8 Å². The van der Waals surface area contributed by atoms with Crippen molar-refractivity contribution in [3.8, 4) is 5.75 Å². The summed E-state index contributed by atoms with van der Waals surface area (Å²) in [5.74, 6) is 0.900. The summed E-state index contributed by atoms with van der Waals surface area (Å²) in [6.45, 7) is 1.97. The van der Waals surface area contributed by atoms with E-state index in [1.807, 2.05) is 25.1 Å². The number of hydrogen-bond acceptors (Lipinski definition) is 3. The van der Waals surface area contributed by atoms with Gasteiger partial charge in [0.2, 0.25) is 5.91 Å². The van der Waals surface area contributed by atoms with E-state index >= 15 is 0 Å². The number of nitrogens with two attached hydrogens (primary N) is 1. The largest absolute Gasteiger partial charge is 0.496 e. The van der Waals surface area contributed by atoms with Crippen LogP contribution in [0.15, 0.2) is 18.2 Å². The Labute approximate surface area is 108 Å². The Hall–Kier alpha value is -1.55. The number of ether oxygens (including phenoxy) is 1. The third kappa shape index (κ3) is 2.82. The lowest BCUT2D eigenvalue weighted by Gasteiger charge is -2.12. The summed E-state index contributed by atoms with van der Waals surface area (Å²) < 4.78 is 5.24. The first kappa shape index (κ1) is 12.9. The number of methoxy groups -OCH3 is 1. The van der Waals surface area contributed by atoms with Crippen molar-refractivity contribution >= 4 is 11.6 Å². The fourth-order valence-corrected chi connectivity index (χ4v) is 2.40. The molecule has 0 aromatic heterocycles. The van der Waals surface area contributed by atoms with Crippen LogP contribution in [0.1, 0.15) is 24.8 Å². The van der Waals surface area contributed by atoms with Crippen molar-refractivity contribution in [2.24, 2.45) is 11.7 Å². The predicted octanol–water partition coefficient (Wildman–Crippen LogP) is 2.07. The molecule has 1 saturated carbocycles. The number of benzene rings is 1. The van der Waals surface area contributed by atoms with E-state index in [-0.39, 0.29) is 17.9 Å². The molecule has 0 radical (unpaired) electrons. The van der Waals surface area contributed by atoms with Crippen molar-refractivity contribution in [1.29, 1.82) is 0 Å². The quantitative estimate of drug-likeness (QED) is 0.860. The molecule has 4 heteroatoms. The molecule has 1 amide bonds. The van der Waals surface area contributed by atoms with Crippen LogP contribution in [0.5, 0.6) is 5.75 Å². The lowest BCUT2D eigenvalue weighted by Crippen LogP contribution is -2.23. The van der Waals surface area contributed by atoms with Crippen LogP contribution in [-0.4, -0.2) is 19.1 Å². The van der Waals surface area contributed by atoms with E-state index in [1.54, 1.807) is 7.11 Å².